The SMILES string of the molecule is CC(CO)SCc1csc2ccccc12. The molecule has 1 nitrogen and oxygen atoms in total. The van der Waals surface area contributed by atoms with Gasteiger partial charge in [-0.3, -0.25) is 0 Å². The van der Waals surface area contributed by atoms with Crippen LogP contribution in [-0.2, 0) is 5.75 Å². The van der Waals surface area contributed by atoms with Crippen molar-refractivity contribution < 1.29 is 5.11 Å². The summed E-state index contributed by atoms with van der Waals surface area (Å²) in [6, 6.07) is 8.49. The van der Waals surface area contributed by atoms with Crippen molar-refractivity contribution in [3.05, 3.63) is 35.2 Å². The molecule has 1 N–H and O–H groups in total. The minimum absolute atomic E-state index is 0.257. The van der Waals surface area contributed by atoms with Crippen molar-refractivity contribution in [1.29, 1.82) is 0 Å². The molecule has 0 radical (unpaired) electrons. The largest absolute Gasteiger partial charge is 0.395 e. The molecule has 1 aromatic heterocycles. The van der Waals surface area contributed by atoms with Gasteiger partial charge in [-0.05, 0) is 22.4 Å². The molecular weight excluding hydrogens is 224 g/mol. The van der Waals surface area contributed by atoms with Crippen LogP contribution in [0.4, 0.5) is 0 Å². The lowest BCUT2D eigenvalue weighted by molar-refractivity contribution is 0.300. The first-order valence-electron chi connectivity index (χ1n) is 4.99. The van der Waals surface area contributed by atoms with Gasteiger partial charge in [-0.2, -0.15) is 11.8 Å². The van der Waals surface area contributed by atoms with E-state index in [0.717, 1.165) is 5.75 Å². The number of hydrogen-bond acceptors (Lipinski definition) is 3. The van der Waals surface area contributed by atoms with Crippen LogP contribution in [0.15, 0.2) is 29.6 Å². The van der Waals surface area contributed by atoms with Crippen molar-refractivity contribution in [2.24, 2.45) is 0 Å². The molecule has 0 amide bonds. The van der Waals surface area contributed by atoms with E-state index in [4.69, 9.17) is 5.11 Å². The van der Waals surface area contributed by atoms with E-state index in [0.29, 0.717) is 5.25 Å². The molecule has 1 unspecified atom stereocenters. The standard InChI is InChI=1S/C12H14OS2/c1-9(6-13)14-7-10-8-15-12-5-3-2-4-11(10)12/h2-5,8-9,13H,6-7H2,1H3. The minimum Gasteiger partial charge on any atom is -0.395 e. The van der Waals surface area contributed by atoms with Crippen LogP contribution >= 0.6 is 23.1 Å². The predicted molar refractivity (Wildman–Crippen MR) is 69.7 cm³/mol. The molecule has 1 atom stereocenters. The maximum atomic E-state index is 8.96. The van der Waals surface area contributed by atoms with E-state index < -0.39 is 0 Å². The highest BCUT2D eigenvalue weighted by molar-refractivity contribution is 7.99. The highest BCUT2D eigenvalue weighted by atomic mass is 32.2. The second-order valence-corrected chi connectivity index (χ2v) is 5.90. The van der Waals surface area contributed by atoms with Gasteiger partial charge < -0.3 is 5.11 Å². The maximum Gasteiger partial charge on any atom is 0.0547 e. The van der Waals surface area contributed by atoms with Crippen LogP contribution < -0.4 is 0 Å². The Morgan fingerprint density at radius 1 is 1.40 bits per heavy atom. The quantitative estimate of drug-likeness (QED) is 0.879. The Kier molecular flexibility index (Phi) is 3.67. The van der Waals surface area contributed by atoms with Crippen molar-refractivity contribution in [1.82, 2.24) is 0 Å². The van der Waals surface area contributed by atoms with Crippen LogP contribution in [-0.4, -0.2) is 17.0 Å². The van der Waals surface area contributed by atoms with Crippen molar-refractivity contribution in [3.63, 3.8) is 0 Å². The Bertz CT molecular complexity index is 436. The average molecular weight is 238 g/mol. The molecule has 0 bridgehead atoms. The van der Waals surface area contributed by atoms with Crippen molar-refractivity contribution in [2.75, 3.05) is 6.61 Å². The van der Waals surface area contributed by atoms with Gasteiger partial charge in [0, 0.05) is 15.7 Å². The molecule has 0 saturated carbocycles. The van der Waals surface area contributed by atoms with Gasteiger partial charge in [-0.25, -0.2) is 0 Å². The third kappa shape index (κ3) is 2.54. The molecule has 0 aliphatic heterocycles. The zero-order valence-electron chi connectivity index (χ0n) is 8.64. The van der Waals surface area contributed by atoms with Crippen LogP contribution in [0, 0.1) is 0 Å². The summed E-state index contributed by atoms with van der Waals surface area (Å²) in [5.41, 5.74) is 1.39. The van der Waals surface area contributed by atoms with Gasteiger partial charge in [-0.1, -0.05) is 25.1 Å². The Hall–Kier alpha value is -0.510. The molecule has 0 aliphatic carbocycles. The molecule has 2 rings (SSSR count). The average Bonchev–Trinajstić information content (AvgIpc) is 2.69. The number of thiophene rings is 1. The number of aliphatic hydroxyl groups is 1. The Balaban J connectivity index is 2.14. The summed E-state index contributed by atoms with van der Waals surface area (Å²) in [5, 5.41) is 12.9. The van der Waals surface area contributed by atoms with Crippen LogP contribution in [0.3, 0.4) is 0 Å². The molecule has 0 fully saturated rings. The second kappa shape index (κ2) is 5.01. The van der Waals surface area contributed by atoms with Crippen LogP contribution in [0.5, 0.6) is 0 Å². The Morgan fingerprint density at radius 2 is 2.20 bits per heavy atom. The van der Waals surface area contributed by atoms with E-state index in [1.807, 2.05) is 0 Å². The lowest BCUT2D eigenvalue weighted by atomic mass is 10.2. The van der Waals surface area contributed by atoms with E-state index >= 15 is 0 Å². The number of rotatable bonds is 4. The summed E-state index contributed by atoms with van der Waals surface area (Å²) >= 11 is 3.60. The third-order valence-corrected chi connectivity index (χ3v) is 4.55. The summed E-state index contributed by atoms with van der Waals surface area (Å²) in [6.45, 7) is 2.31. The molecular formula is C12H14OS2. The number of aliphatic hydroxyl groups excluding tert-OH is 1. The van der Waals surface area contributed by atoms with Crippen LogP contribution in [0.1, 0.15) is 12.5 Å². The summed E-state index contributed by atoms with van der Waals surface area (Å²) < 4.78 is 1.35. The van der Waals surface area contributed by atoms with E-state index in [9.17, 15) is 0 Å². The first-order chi connectivity index (χ1) is 7.31. The van der Waals surface area contributed by atoms with E-state index in [2.05, 4.69) is 36.6 Å². The smallest absolute Gasteiger partial charge is 0.0547 e. The predicted octanol–water partition coefficient (Wildman–Crippen LogP) is 3.52. The van der Waals surface area contributed by atoms with Gasteiger partial charge in [-0.15, -0.1) is 11.3 Å². The monoisotopic (exact) mass is 238 g/mol. The van der Waals surface area contributed by atoms with Crippen LogP contribution in [0.25, 0.3) is 10.1 Å². The number of fused-ring (bicyclic) bond motifs is 1. The molecule has 3 heteroatoms. The summed E-state index contributed by atoms with van der Waals surface area (Å²) in [5.74, 6) is 0.992. The number of hydrogen-bond donors (Lipinski definition) is 1. The lowest BCUT2D eigenvalue weighted by Crippen LogP contribution is -2.01. The minimum atomic E-state index is 0.257. The first kappa shape index (κ1) is 11.0. The molecule has 1 aromatic carbocycles. The highest BCUT2D eigenvalue weighted by Crippen LogP contribution is 2.29. The topological polar surface area (TPSA) is 20.2 Å². The van der Waals surface area contributed by atoms with Crippen molar-refractivity contribution >= 4 is 33.2 Å². The molecule has 80 valence electrons. The normalized spacial score (nSPS) is 13.2. The van der Waals surface area contributed by atoms with Gasteiger partial charge in [0.2, 0.25) is 0 Å². The number of thioether (sulfide) groups is 1. The highest BCUT2D eigenvalue weighted by Gasteiger charge is 2.05. The molecule has 2 aromatic rings. The first-order valence-corrected chi connectivity index (χ1v) is 6.91. The fraction of sp³-hybridized carbons (Fsp3) is 0.333. The molecule has 0 saturated heterocycles. The number of benzene rings is 1. The molecule has 0 spiro atoms. The van der Waals surface area contributed by atoms with Crippen LogP contribution in [0.2, 0.25) is 0 Å². The van der Waals surface area contributed by atoms with Gasteiger partial charge in [0.25, 0.3) is 0 Å². The van der Waals surface area contributed by atoms with Gasteiger partial charge >= 0.3 is 0 Å². The fourth-order valence-corrected chi connectivity index (χ4v) is 3.31. The summed E-state index contributed by atoms with van der Waals surface area (Å²) in [6.07, 6.45) is 0. The summed E-state index contributed by atoms with van der Waals surface area (Å²) in [7, 11) is 0. The Morgan fingerprint density at radius 3 is 3.00 bits per heavy atom. The third-order valence-electron chi connectivity index (χ3n) is 2.34. The fourth-order valence-electron chi connectivity index (χ4n) is 1.43. The maximum absolute atomic E-state index is 8.96. The zero-order valence-corrected chi connectivity index (χ0v) is 10.3. The van der Waals surface area contributed by atoms with E-state index in [1.54, 1.807) is 23.1 Å². The van der Waals surface area contributed by atoms with Gasteiger partial charge in [0.1, 0.15) is 0 Å². The molecule has 1 heterocycles. The van der Waals surface area contributed by atoms with Crippen molar-refractivity contribution in [2.45, 2.75) is 17.9 Å². The molecule has 0 aliphatic rings. The van der Waals surface area contributed by atoms with E-state index in [-0.39, 0.29) is 6.61 Å². The lowest BCUT2D eigenvalue weighted by Gasteiger charge is -2.06. The molecule has 15 heavy (non-hydrogen) atoms. The van der Waals surface area contributed by atoms with E-state index in [1.165, 1.54) is 15.6 Å². The zero-order chi connectivity index (χ0) is 10.7. The van der Waals surface area contributed by atoms with Crippen molar-refractivity contribution in [3.8, 4) is 0 Å². The van der Waals surface area contributed by atoms with Gasteiger partial charge in [0.05, 0.1) is 6.61 Å². The summed E-state index contributed by atoms with van der Waals surface area (Å²) in [4.78, 5) is 0. The van der Waals surface area contributed by atoms with Gasteiger partial charge in [0.15, 0.2) is 0 Å². The Labute approximate surface area is 98.1 Å². The second-order valence-electron chi connectivity index (χ2n) is 3.56.